The molecule has 1 N–H and O–H groups in total. The van der Waals surface area contributed by atoms with Crippen LogP contribution in [0.15, 0.2) is 66.6 Å². The van der Waals surface area contributed by atoms with Crippen molar-refractivity contribution in [1.82, 2.24) is 19.7 Å². The zero-order chi connectivity index (χ0) is 17.9. The summed E-state index contributed by atoms with van der Waals surface area (Å²) < 4.78 is 1.64. The van der Waals surface area contributed by atoms with E-state index in [0.29, 0.717) is 5.56 Å². The van der Waals surface area contributed by atoms with Gasteiger partial charge in [-0.05, 0) is 43.3 Å². The van der Waals surface area contributed by atoms with E-state index in [9.17, 15) is 4.79 Å². The molecule has 1 amide bonds. The maximum absolute atomic E-state index is 12.4. The number of aryl methyl sites for hydroxylation is 1. The van der Waals surface area contributed by atoms with E-state index in [1.807, 2.05) is 48.7 Å². The Morgan fingerprint density at radius 2 is 1.85 bits per heavy atom. The molecule has 0 unspecified atom stereocenters. The van der Waals surface area contributed by atoms with Crippen LogP contribution >= 0.6 is 11.3 Å². The van der Waals surface area contributed by atoms with Crippen LogP contribution in [0.25, 0.3) is 16.9 Å². The molecule has 0 atom stereocenters. The van der Waals surface area contributed by atoms with Gasteiger partial charge in [0, 0.05) is 22.2 Å². The third-order valence-electron chi connectivity index (χ3n) is 3.87. The van der Waals surface area contributed by atoms with E-state index in [4.69, 9.17) is 0 Å². The first-order valence-electron chi connectivity index (χ1n) is 7.98. The minimum atomic E-state index is -0.160. The van der Waals surface area contributed by atoms with Crippen molar-refractivity contribution >= 4 is 22.9 Å². The Balaban J connectivity index is 1.46. The molecule has 128 valence electrons. The molecule has 0 aliphatic rings. The molecule has 7 heteroatoms. The summed E-state index contributed by atoms with van der Waals surface area (Å²) in [6, 6.07) is 14.9. The smallest absolute Gasteiger partial charge is 0.255 e. The Labute approximate surface area is 154 Å². The standard InChI is InChI=1S/C19H15N5OS/c1-13-22-18(10-26-13)14-2-6-16(7-3-14)23-19(25)15-4-8-17(9-5-15)24-12-20-11-21-24/h2-12H,1H3,(H,23,25). The predicted octanol–water partition coefficient (Wildman–Crippen LogP) is 3.95. The van der Waals surface area contributed by atoms with E-state index in [1.54, 1.807) is 34.5 Å². The number of thiazole rings is 1. The van der Waals surface area contributed by atoms with Crippen LogP contribution < -0.4 is 5.32 Å². The molecule has 0 fully saturated rings. The van der Waals surface area contributed by atoms with Crippen LogP contribution in [0, 0.1) is 6.92 Å². The van der Waals surface area contributed by atoms with E-state index in [2.05, 4.69) is 20.4 Å². The van der Waals surface area contributed by atoms with Crippen molar-refractivity contribution in [1.29, 1.82) is 0 Å². The Bertz CT molecular complexity index is 1020. The lowest BCUT2D eigenvalue weighted by atomic mass is 10.1. The number of carbonyl (C=O) groups is 1. The second-order valence-corrected chi connectivity index (χ2v) is 6.73. The number of hydrogen-bond acceptors (Lipinski definition) is 5. The molecule has 26 heavy (non-hydrogen) atoms. The second kappa shape index (κ2) is 6.89. The molecule has 6 nitrogen and oxygen atoms in total. The van der Waals surface area contributed by atoms with Crippen molar-refractivity contribution in [2.24, 2.45) is 0 Å². The number of aromatic nitrogens is 4. The Morgan fingerprint density at radius 1 is 1.08 bits per heavy atom. The zero-order valence-electron chi connectivity index (χ0n) is 14.0. The average molecular weight is 361 g/mol. The third-order valence-corrected chi connectivity index (χ3v) is 4.64. The molecule has 4 aromatic rings. The molecular weight excluding hydrogens is 346 g/mol. The zero-order valence-corrected chi connectivity index (χ0v) is 14.8. The van der Waals surface area contributed by atoms with Gasteiger partial charge >= 0.3 is 0 Å². The van der Waals surface area contributed by atoms with Gasteiger partial charge in [-0.25, -0.2) is 14.6 Å². The molecule has 2 aromatic heterocycles. The summed E-state index contributed by atoms with van der Waals surface area (Å²) in [4.78, 5) is 20.8. The van der Waals surface area contributed by atoms with Gasteiger partial charge in [0.15, 0.2) is 0 Å². The summed E-state index contributed by atoms with van der Waals surface area (Å²) in [6.07, 6.45) is 3.08. The van der Waals surface area contributed by atoms with Crippen molar-refractivity contribution in [2.45, 2.75) is 6.92 Å². The molecule has 0 saturated carbocycles. The summed E-state index contributed by atoms with van der Waals surface area (Å²) in [5.41, 5.74) is 4.15. The molecule has 2 heterocycles. The molecule has 0 saturated heterocycles. The summed E-state index contributed by atoms with van der Waals surface area (Å²) in [6.45, 7) is 1.98. The number of rotatable bonds is 4. The van der Waals surface area contributed by atoms with Crippen molar-refractivity contribution in [3.8, 4) is 16.9 Å². The van der Waals surface area contributed by atoms with Crippen LogP contribution in [-0.2, 0) is 0 Å². The maximum atomic E-state index is 12.4. The fraction of sp³-hybridized carbons (Fsp3) is 0.0526. The maximum Gasteiger partial charge on any atom is 0.255 e. The van der Waals surface area contributed by atoms with Crippen LogP contribution in [0.4, 0.5) is 5.69 Å². The normalized spacial score (nSPS) is 10.7. The van der Waals surface area contributed by atoms with E-state index in [-0.39, 0.29) is 5.91 Å². The number of nitrogens with one attached hydrogen (secondary N) is 1. The van der Waals surface area contributed by atoms with E-state index in [1.165, 1.54) is 6.33 Å². The highest BCUT2D eigenvalue weighted by molar-refractivity contribution is 7.09. The summed E-state index contributed by atoms with van der Waals surface area (Å²) in [5, 5.41) is 10.0. The number of amides is 1. The molecule has 0 radical (unpaired) electrons. The van der Waals surface area contributed by atoms with Crippen molar-refractivity contribution in [2.75, 3.05) is 5.32 Å². The monoisotopic (exact) mass is 361 g/mol. The molecule has 2 aromatic carbocycles. The first-order valence-corrected chi connectivity index (χ1v) is 8.86. The Morgan fingerprint density at radius 3 is 2.46 bits per heavy atom. The van der Waals surface area contributed by atoms with Crippen LogP contribution in [0.3, 0.4) is 0 Å². The predicted molar refractivity (Wildman–Crippen MR) is 102 cm³/mol. The van der Waals surface area contributed by atoms with Crippen LogP contribution in [0.2, 0.25) is 0 Å². The van der Waals surface area contributed by atoms with E-state index in [0.717, 1.165) is 27.6 Å². The minimum Gasteiger partial charge on any atom is -0.322 e. The Kier molecular flexibility index (Phi) is 4.28. The molecular formula is C19H15N5OS. The number of carbonyl (C=O) groups excluding carboxylic acids is 1. The number of anilines is 1. The van der Waals surface area contributed by atoms with Crippen LogP contribution in [0.1, 0.15) is 15.4 Å². The second-order valence-electron chi connectivity index (χ2n) is 5.67. The minimum absolute atomic E-state index is 0.160. The fourth-order valence-corrected chi connectivity index (χ4v) is 3.15. The lowest BCUT2D eigenvalue weighted by Gasteiger charge is -2.07. The van der Waals surface area contributed by atoms with Gasteiger partial charge in [0.1, 0.15) is 12.7 Å². The quantitative estimate of drug-likeness (QED) is 0.597. The van der Waals surface area contributed by atoms with Gasteiger partial charge in [-0.2, -0.15) is 5.10 Å². The molecule has 4 rings (SSSR count). The fourth-order valence-electron chi connectivity index (χ4n) is 2.53. The Hall–Kier alpha value is -3.32. The van der Waals surface area contributed by atoms with Crippen LogP contribution in [-0.4, -0.2) is 25.7 Å². The van der Waals surface area contributed by atoms with Gasteiger partial charge in [0.2, 0.25) is 0 Å². The van der Waals surface area contributed by atoms with Crippen molar-refractivity contribution in [3.05, 3.63) is 77.1 Å². The van der Waals surface area contributed by atoms with Crippen molar-refractivity contribution < 1.29 is 4.79 Å². The van der Waals surface area contributed by atoms with Gasteiger partial charge in [0.25, 0.3) is 5.91 Å². The van der Waals surface area contributed by atoms with Crippen LogP contribution in [0.5, 0.6) is 0 Å². The van der Waals surface area contributed by atoms with Gasteiger partial charge in [-0.15, -0.1) is 11.3 Å². The van der Waals surface area contributed by atoms with Gasteiger partial charge < -0.3 is 5.32 Å². The molecule has 0 aliphatic carbocycles. The highest BCUT2D eigenvalue weighted by Gasteiger charge is 2.08. The largest absolute Gasteiger partial charge is 0.322 e. The first-order chi connectivity index (χ1) is 12.7. The molecule has 0 bridgehead atoms. The van der Waals surface area contributed by atoms with Gasteiger partial charge in [0.05, 0.1) is 16.4 Å². The number of nitrogens with zero attached hydrogens (tertiary/aromatic N) is 4. The highest BCUT2D eigenvalue weighted by Crippen LogP contribution is 2.23. The van der Waals surface area contributed by atoms with Gasteiger partial charge in [-0.3, -0.25) is 4.79 Å². The highest BCUT2D eigenvalue weighted by atomic mass is 32.1. The van der Waals surface area contributed by atoms with Crippen molar-refractivity contribution in [3.63, 3.8) is 0 Å². The average Bonchev–Trinajstić information content (AvgIpc) is 3.34. The van der Waals surface area contributed by atoms with E-state index >= 15 is 0 Å². The first kappa shape index (κ1) is 16.2. The molecule has 0 aliphatic heterocycles. The summed E-state index contributed by atoms with van der Waals surface area (Å²) >= 11 is 1.62. The lowest BCUT2D eigenvalue weighted by Crippen LogP contribution is -2.11. The van der Waals surface area contributed by atoms with E-state index < -0.39 is 0 Å². The molecule has 0 spiro atoms. The number of benzene rings is 2. The number of hydrogen-bond donors (Lipinski definition) is 1. The SMILES string of the molecule is Cc1nc(-c2ccc(NC(=O)c3ccc(-n4cncn4)cc3)cc2)cs1. The topological polar surface area (TPSA) is 72.7 Å². The lowest BCUT2D eigenvalue weighted by molar-refractivity contribution is 0.102. The summed E-state index contributed by atoms with van der Waals surface area (Å²) in [7, 11) is 0. The third kappa shape index (κ3) is 3.38. The summed E-state index contributed by atoms with van der Waals surface area (Å²) in [5.74, 6) is -0.160. The van der Waals surface area contributed by atoms with Gasteiger partial charge in [-0.1, -0.05) is 12.1 Å².